The quantitative estimate of drug-likeness (QED) is 0.187. The number of aryl methyl sites for hydroxylation is 2. The molecule has 0 saturated carbocycles. The van der Waals surface area contributed by atoms with E-state index in [9.17, 15) is 15.0 Å². The smallest absolute Gasteiger partial charge is 0.333 e. The number of nitrogens with zero attached hydrogens (tertiary/aromatic N) is 2. The number of hydrogen-bond donors (Lipinski definition) is 5. The van der Waals surface area contributed by atoms with Crippen molar-refractivity contribution in [2.45, 2.75) is 87.8 Å². The van der Waals surface area contributed by atoms with Crippen molar-refractivity contribution in [1.29, 1.82) is 0 Å². The van der Waals surface area contributed by atoms with E-state index in [-0.39, 0.29) is 54.5 Å². The van der Waals surface area contributed by atoms with Gasteiger partial charge in [-0.3, -0.25) is 15.1 Å². The number of benzene rings is 3. The third-order valence-corrected chi connectivity index (χ3v) is 14.9. The van der Waals surface area contributed by atoms with Crippen LogP contribution in [-0.4, -0.2) is 95.2 Å². The van der Waals surface area contributed by atoms with Gasteiger partial charge >= 0.3 is 5.97 Å². The fourth-order valence-electron chi connectivity index (χ4n) is 10.8. The highest BCUT2D eigenvalue weighted by Crippen LogP contribution is 2.63. The van der Waals surface area contributed by atoms with E-state index >= 15 is 0 Å². The molecule has 284 valence electrons. The Labute approximate surface area is 318 Å². The van der Waals surface area contributed by atoms with Gasteiger partial charge in [-0.25, -0.2) is 4.79 Å². The number of hydrogen-bond acceptors (Lipinski definition) is 12. The maximum Gasteiger partial charge on any atom is 0.333 e. The molecule has 8 atom stereocenters. The van der Waals surface area contributed by atoms with Crippen LogP contribution in [0.3, 0.4) is 0 Å². The second-order valence-electron chi connectivity index (χ2n) is 16.1. The number of aromatic amines is 1. The Morgan fingerprint density at radius 2 is 1.85 bits per heavy atom. The Balaban J connectivity index is 1.22. The lowest BCUT2D eigenvalue weighted by molar-refractivity contribution is -0.186. The van der Waals surface area contributed by atoms with E-state index < -0.39 is 17.8 Å². The fourth-order valence-corrected chi connectivity index (χ4v) is 12.6. The Bertz CT molecular complexity index is 2280. The van der Waals surface area contributed by atoms with Crippen LogP contribution in [-0.2, 0) is 27.9 Å². The number of likely N-dealkylation sites (N-methyl/N-ethyl adjacent to an activating group) is 1. The Morgan fingerprint density at radius 3 is 2.63 bits per heavy atom. The Morgan fingerprint density at radius 1 is 1.06 bits per heavy atom. The predicted octanol–water partition coefficient (Wildman–Crippen LogP) is 4.20. The molecular formula is C41H47N5O7S. The van der Waals surface area contributed by atoms with Crippen LogP contribution in [0.4, 0.5) is 0 Å². The highest BCUT2D eigenvalue weighted by atomic mass is 32.2. The largest absolute Gasteiger partial charge is 0.504 e. The first-order valence-corrected chi connectivity index (χ1v) is 19.9. The summed E-state index contributed by atoms with van der Waals surface area (Å²) in [5, 5.41) is 29.2. The van der Waals surface area contributed by atoms with Gasteiger partial charge in [0.2, 0.25) is 6.79 Å². The van der Waals surface area contributed by atoms with E-state index in [4.69, 9.17) is 24.7 Å². The summed E-state index contributed by atoms with van der Waals surface area (Å²) >= 11 is 1.68. The lowest BCUT2D eigenvalue weighted by Crippen LogP contribution is -2.70. The Hall–Kier alpha value is -3.98. The van der Waals surface area contributed by atoms with Gasteiger partial charge in [-0.15, -0.1) is 11.8 Å². The summed E-state index contributed by atoms with van der Waals surface area (Å²) in [5.41, 5.74) is 16.0. The zero-order chi connectivity index (χ0) is 37.5. The number of thioether (sulfide) groups is 1. The molecule has 8 heterocycles. The minimum Gasteiger partial charge on any atom is -0.504 e. The number of aliphatic hydroxyl groups is 1. The number of rotatable bonds is 2. The minimum absolute atomic E-state index is 0.0281. The second-order valence-corrected chi connectivity index (χ2v) is 17.2. The molecule has 54 heavy (non-hydrogen) atoms. The first-order chi connectivity index (χ1) is 26.0. The van der Waals surface area contributed by atoms with Gasteiger partial charge in [0.25, 0.3) is 0 Å². The highest BCUT2D eigenvalue weighted by Gasteiger charge is 2.61. The molecular weight excluding hydrogens is 707 g/mol. The van der Waals surface area contributed by atoms with E-state index in [2.05, 4.69) is 72.2 Å². The molecule has 2 saturated heterocycles. The SMILES string of the molecule is COc1c(C)cc2c(c1O)[C@H]1[C@@H]3[C@@H]4SC[C@]5(N[C@H](CN)Cc6c5[nH]c5ccc(C)cc65)C(=O)OC[C@@H](c5c6c(c(C)c(C)c54)OCO6)N3[C@@H](O)[C@@H](C2)N1C. The molecule has 12 nitrogen and oxygen atoms in total. The summed E-state index contributed by atoms with van der Waals surface area (Å²) < 4.78 is 24.7. The molecule has 6 N–H and O–H groups in total. The fraction of sp³-hybridized carbons (Fsp3) is 0.488. The number of aliphatic hydroxyl groups excluding tert-OH is 1. The maximum atomic E-state index is 15.0. The average molecular weight is 754 g/mol. The van der Waals surface area contributed by atoms with Gasteiger partial charge < -0.3 is 39.9 Å². The minimum atomic E-state index is -1.23. The van der Waals surface area contributed by atoms with Crippen LogP contribution in [0, 0.1) is 27.7 Å². The number of aromatic nitrogens is 1. The summed E-state index contributed by atoms with van der Waals surface area (Å²) in [6.45, 7) is 8.64. The summed E-state index contributed by atoms with van der Waals surface area (Å²) in [5.74, 6) is 1.88. The van der Waals surface area contributed by atoms with Gasteiger partial charge in [0.15, 0.2) is 28.5 Å². The standard InChI is InChI=1S/C41H47N5O7S/c1-17-7-8-25-23(9-17)24-12-22(13-42)44-41(38(24)43-25)15-54-37-28-19(3)20(4)35-36(53-16-52-35)30(28)27(14-51-40(41)49)46-32(37)31-29-21(11-26(39(46)48)45(31)5)10-18(2)34(50-6)33(29)47/h7-10,22,26-27,31-32,37,39,43-44,47-48H,11-16,42H2,1-6H3/t22-,26+,27-,31-,32+,37+,39-,41+/m0/s1. The van der Waals surface area contributed by atoms with Gasteiger partial charge in [0, 0.05) is 51.7 Å². The lowest BCUT2D eigenvalue weighted by atomic mass is 9.72. The van der Waals surface area contributed by atoms with E-state index in [1.165, 1.54) is 0 Å². The molecule has 11 rings (SSSR count). The van der Waals surface area contributed by atoms with Gasteiger partial charge in [-0.2, -0.15) is 0 Å². The number of methoxy groups -OCH3 is 1. The van der Waals surface area contributed by atoms with Crippen LogP contribution in [0.25, 0.3) is 10.9 Å². The molecule has 1 spiro atoms. The average Bonchev–Trinajstić information content (AvgIpc) is 3.79. The zero-order valence-electron chi connectivity index (χ0n) is 31.4. The maximum absolute atomic E-state index is 15.0. The predicted molar refractivity (Wildman–Crippen MR) is 204 cm³/mol. The molecule has 0 unspecified atom stereocenters. The Kier molecular flexibility index (Phi) is 7.67. The van der Waals surface area contributed by atoms with Gasteiger partial charge in [0.1, 0.15) is 12.8 Å². The first kappa shape index (κ1) is 34.5. The van der Waals surface area contributed by atoms with E-state index in [0.717, 1.165) is 66.7 Å². The number of H-pyrrole nitrogens is 1. The molecule has 4 aromatic rings. The topological polar surface area (TPSA) is 155 Å². The number of aromatic hydroxyl groups is 1. The zero-order valence-corrected chi connectivity index (χ0v) is 32.2. The summed E-state index contributed by atoms with van der Waals surface area (Å²) in [4.78, 5) is 23.0. The number of ether oxygens (including phenoxy) is 4. The number of nitrogens with two attached hydrogens (primary N) is 1. The van der Waals surface area contributed by atoms with Crippen LogP contribution >= 0.6 is 11.8 Å². The molecule has 0 amide bonds. The molecule has 3 aromatic carbocycles. The van der Waals surface area contributed by atoms with Crippen molar-refractivity contribution in [3.8, 4) is 23.0 Å². The van der Waals surface area contributed by atoms with Crippen molar-refractivity contribution in [2.75, 3.05) is 39.9 Å². The lowest BCUT2D eigenvalue weighted by Gasteiger charge is -2.62. The van der Waals surface area contributed by atoms with E-state index in [1.54, 1.807) is 18.9 Å². The van der Waals surface area contributed by atoms with Crippen molar-refractivity contribution < 1.29 is 34.0 Å². The molecule has 13 heteroatoms. The van der Waals surface area contributed by atoms with Crippen molar-refractivity contribution >= 4 is 28.6 Å². The van der Waals surface area contributed by atoms with Crippen LogP contribution in [0.2, 0.25) is 0 Å². The molecule has 0 radical (unpaired) electrons. The van der Waals surface area contributed by atoms with Gasteiger partial charge in [-0.1, -0.05) is 17.7 Å². The monoisotopic (exact) mass is 753 g/mol. The van der Waals surface area contributed by atoms with Crippen LogP contribution in [0.1, 0.15) is 73.1 Å². The number of piperazine rings is 1. The van der Waals surface area contributed by atoms with Gasteiger partial charge in [0.05, 0.1) is 30.9 Å². The van der Waals surface area contributed by atoms with E-state index in [0.29, 0.717) is 42.4 Å². The number of carbonyl (C=O) groups excluding carboxylic acids is 1. The number of carbonyl (C=O) groups is 1. The van der Waals surface area contributed by atoms with Crippen LogP contribution < -0.4 is 25.3 Å². The third kappa shape index (κ3) is 4.42. The van der Waals surface area contributed by atoms with Crippen molar-refractivity contribution in [3.05, 3.63) is 80.0 Å². The van der Waals surface area contributed by atoms with E-state index in [1.807, 2.05) is 6.92 Å². The molecule has 7 aliphatic rings. The molecule has 0 aliphatic carbocycles. The summed E-state index contributed by atoms with van der Waals surface area (Å²) in [6, 6.07) is 6.74. The molecule has 1 aromatic heterocycles. The van der Waals surface area contributed by atoms with Gasteiger partial charge in [-0.05, 0) is 93.1 Å². The first-order valence-electron chi connectivity index (χ1n) is 18.9. The second kappa shape index (κ2) is 12.0. The normalized spacial score (nSPS) is 31.2. The summed E-state index contributed by atoms with van der Waals surface area (Å²) in [6.07, 6.45) is 0.294. The van der Waals surface area contributed by atoms with Crippen LogP contribution in [0.5, 0.6) is 23.0 Å². The number of fused-ring (bicyclic) bond motifs is 11. The number of phenols is 1. The van der Waals surface area contributed by atoms with Crippen LogP contribution in [0.15, 0.2) is 24.3 Å². The molecule has 2 fully saturated rings. The molecule has 7 aliphatic heterocycles. The van der Waals surface area contributed by atoms with Crippen molar-refractivity contribution in [2.24, 2.45) is 5.73 Å². The highest BCUT2D eigenvalue weighted by molar-refractivity contribution is 7.99. The van der Waals surface area contributed by atoms with Crippen molar-refractivity contribution in [3.63, 3.8) is 0 Å². The number of nitrogens with one attached hydrogen (secondary N) is 2. The third-order valence-electron chi connectivity index (χ3n) is 13.4. The van der Waals surface area contributed by atoms with Crippen molar-refractivity contribution in [1.82, 2.24) is 20.1 Å². The number of phenolic OH excluding ortho intramolecular Hbond substituents is 1. The molecule has 4 bridgehead atoms. The number of esters is 1. The summed E-state index contributed by atoms with van der Waals surface area (Å²) in [7, 11) is 3.64.